The van der Waals surface area contributed by atoms with Gasteiger partial charge in [0.1, 0.15) is 23.5 Å². The summed E-state index contributed by atoms with van der Waals surface area (Å²) in [5, 5.41) is 1.07. The minimum absolute atomic E-state index is 0.188. The Hall–Kier alpha value is -2.21. The van der Waals surface area contributed by atoms with Gasteiger partial charge >= 0.3 is 0 Å². The number of hydrogen-bond acceptors (Lipinski definition) is 3. The second-order valence-electron chi connectivity index (χ2n) is 5.21. The zero-order valence-corrected chi connectivity index (χ0v) is 14.7. The molecule has 0 fully saturated rings. The van der Waals surface area contributed by atoms with Crippen molar-refractivity contribution in [3.63, 3.8) is 0 Å². The summed E-state index contributed by atoms with van der Waals surface area (Å²) in [6.07, 6.45) is 1.33. The zero-order valence-electron chi connectivity index (χ0n) is 12.4. The molecule has 0 N–H and O–H groups in total. The van der Waals surface area contributed by atoms with Crippen molar-refractivity contribution in [2.75, 3.05) is 0 Å². The Morgan fingerprint density at radius 1 is 0.880 bits per heavy atom. The minimum atomic E-state index is -0.498. The van der Waals surface area contributed by atoms with Crippen molar-refractivity contribution in [3.8, 4) is 17.1 Å². The highest BCUT2D eigenvalue weighted by Crippen LogP contribution is 2.32. The fourth-order valence-corrected chi connectivity index (χ4v) is 3.01. The van der Waals surface area contributed by atoms with Crippen LogP contribution < -0.4 is 0 Å². The first-order valence-electron chi connectivity index (χ1n) is 7.15. The van der Waals surface area contributed by atoms with Crippen molar-refractivity contribution in [1.82, 2.24) is 19.5 Å². The molecular weight excluding hydrogens is 386 g/mol. The lowest BCUT2D eigenvalue weighted by molar-refractivity contribution is 0.630. The lowest BCUT2D eigenvalue weighted by Gasteiger charge is -2.10. The quantitative estimate of drug-likeness (QED) is 0.417. The Morgan fingerprint density at radius 2 is 1.60 bits per heavy atom. The number of hydrogen-bond donors (Lipinski definition) is 0. The van der Waals surface area contributed by atoms with Gasteiger partial charge in [0.05, 0.1) is 5.56 Å². The monoisotopic (exact) mass is 392 g/mol. The summed E-state index contributed by atoms with van der Waals surface area (Å²) in [7, 11) is 0. The third kappa shape index (κ3) is 2.84. The number of imidazole rings is 1. The lowest BCUT2D eigenvalue weighted by Crippen LogP contribution is -2.00. The van der Waals surface area contributed by atoms with Gasteiger partial charge in [0.25, 0.3) is 0 Å². The van der Waals surface area contributed by atoms with Gasteiger partial charge < -0.3 is 0 Å². The molecule has 25 heavy (non-hydrogen) atoms. The first-order valence-corrected chi connectivity index (χ1v) is 8.28. The predicted molar refractivity (Wildman–Crippen MR) is 97.1 cm³/mol. The van der Waals surface area contributed by atoms with E-state index in [1.54, 1.807) is 41.0 Å². The van der Waals surface area contributed by atoms with Gasteiger partial charge in [-0.1, -0.05) is 34.8 Å². The Kier molecular flexibility index (Phi) is 4.07. The second-order valence-corrected chi connectivity index (χ2v) is 6.44. The molecule has 0 atom stereocenters. The van der Waals surface area contributed by atoms with Crippen molar-refractivity contribution in [1.29, 1.82) is 0 Å². The smallest absolute Gasteiger partial charge is 0.169 e. The number of aromatic nitrogens is 4. The van der Waals surface area contributed by atoms with Crippen molar-refractivity contribution in [3.05, 3.63) is 69.8 Å². The Morgan fingerprint density at radius 3 is 2.32 bits per heavy atom. The van der Waals surface area contributed by atoms with E-state index in [0.717, 1.165) is 0 Å². The van der Waals surface area contributed by atoms with E-state index < -0.39 is 5.82 Å². The second kappa shape index (κ2) is 6.26. The molecule has 0 bridgehead atoms. The molecule has 0 unspecified atom stereocenters. The molecule has 0 aliphatic rings. The van der Waals surface area contributed by atoms with Gasteiger partial charge in [0, 0.05) is 15.7 Å². The number of nitrogens with zero attached hydrogens (tertiary/aromatic N) is 4. The van der Waals surface area contributed by atoms with E-state index in [9.17, 15) is 4.39 Å². The summed E-state index contributed by atoms with van der Waals surface area (Å²) in [5.74, 6) is -0.156. The molecule has 0 amide bonds. The van der Waals surface area contributed by atoms with Crippen LogP contribution >= 0.6 is 34.8 Å². The van der Waals surface area contributed by atoms with E-state index >= 15 is 0 Å². The van der Waals surface area contributed by atoms with E-state index in [4.69, 9.17) is 34.8 Å². The average Bonchev–Trinajstić information content (AvgIpc) is 2.96. The molecule has 2 heterocycles. The third-order valence-corrected chi connectivity index (χ3v) is 4.42. The molecular formula is C17H8Cl3FN4. The van der Waals surface area contributed by atoms with Gasteiger partial charge in [0.2, 0.25) is 0 Å². The maximum absolute atomic E-state index is 14.5. The SMILES string of the molecule is Fc1cc(Cl)ccc1-c1nc2c(Cl)ncnc2n1-c1ccc(Cl)cc1. The number of rotatable bonds is 2. The largest absolute Gasteiger partial charge is 0.276 e. The van der Waals surface area contributed by atoms with Gasteiger partial charge in [-0.05, 0) is 42.5 Å². The summed E-state index contributed by atoms with van der Waals surface area (Å²) in [6.45, 7) is 0. The summed E-state index contributed by atoms with van der Waals surface area (Å²) >= 11 is 18.0. The van der Waals surface area contributed by atoms with Gasteiger partial charge in [-0.25, -0.2) is 19.3 Å². The molecule has 0 radical (unpaired) electrons. The van der Waals surface area contributed by atoms with Crippen LogP contribution in [0.1, 0.15) is 0 Å². The summed E-state index contributed by atoms with van der Waals surface area (Å²) < 4.78 is 16.2. The maximum Gasteiger partial charge on any atom is 0.169 e. The molecule has 2 aromatic heterocycles. The van der Waals surface area contributed by atoms with Crippen LogP contribution in [-0.4, -0.2) is 19.5 Å². The van der Waals surface area contributed by atoms with Crippen LogP contribution in [0.15, 0.2) is 48.8 Å². The highest BCUT2D eigenvalue weighted by Gasteiger charge is 2.20. The van der Waals surface area contributed by atoms with Gasteiger partial charge in [-0.15, -0.1) is 0 Å². The van der Waals surface area contributed by atoms with Gasteiger partial charge in [-0.3, -0.25) is 4.57 Å². The average molecular weight is 394 g/mol. The van der Waals surface area contributed by atoms with Crippen LogP contribution in [0.3, 0.4) is 0 Å². The number of halogens is 4. The normalized spacial score (nSPS) is 11.2. The van der Waals surface area contributed by atoms with Gasteiger partial charge in [-0.2, -0.15) is 0 Å². The lowest BCUT2D eigenvalue weighted by atomic mass is 10.2. The summed E-state index contributed by atoms with van der Waals surface area (Å²) in [5.41, 5.74) is 1.83. The molecule has 0 aliphatic carbocycles. The van der Waals surface area contributed by atoms with E-state index in [-0.39, 0.29) is 10.7 Å². The highest BCUT2D eigenvalue weighted by atomic mass is 35.5. The van der Waals surface area contributed by atoms with Crippen LogP contribution in [0.5, 0.6) is 0 Å². The first kappa shape index (κ1) is 16.3. The molecule has 4 nitrogen and oxygen atoms in total. The van der Waals surface area contributed by atoms with Crippen LogP contribution in [0, 0.1) is 5.82 Å². The molecule has 0 saturated carbocycles. The molecule has 0 spiro atoms. The predicted octanol–water partition coefficient (Wildman–Crippen LogP) is 5.58. The maximum atomic E-state index is 14.5. The Labute approximate surface area is 156 Å². The van der Waals surface area contributed by atoms with E-state index in [1.165, 1.54) is 12.4 Å². The van der Waals surface area contributed by atoms with Crippen LogP contribution in [-0.2, 0) is 0 Å². The Balaban J connectivity index is 2.08. The molecule has 8 heteroatoms. The standard InChI is InChI=1S/C17H8Cl3FN4/c18-9-1-4-11(5-2-9)25-16(12-6-3-10(19)7-13(12)21)24-14-15(20)22-8-23-17(14)25/h1-8H. The Bertz CT molecular complexity index is 1090. The van der Waals surface area contributed by atoms with Crippen molar-refractivity contribution in [2.24, 2.45) is 0 Å². The molecule has 2 aromatic carbocycles. The van der Waals surface area contributed by atoms with Crippen molar-refractivity contribution in [2.45, 2.75) is 0 Å². The van der Waals surface area contributed by atoms with Crippen LogP contribution in [0.4, 0.5) is 4.39 Å². The summed E-state index contributed by atoms with van der Waals surface area (Å²) in [4.78, 5) is 12.7. The highest BCUT2D eigenvalue weighted by molar-refractivity contribution is 6.33. The van der Waals surface area contributed by atoms with Crippen LogP contribution in [0.25, 0.3) is 28.2 Å². The van der Waals surface area contributed by atoms with E-state index in [0.29, 0.717) is 32.7 Å². The van der Waals surface area contributed by atoms with Crippen molar-refractivity contribution >= 4 is 46.0 Å². The molecule has 4 aromatic rings. The first-order chi connectivity index (χ1) is 12.0. The molecule has 124 valence electrons. The molecule has 0 aliphatic heterocycles. The summed E-state index contributed by atoms with van der Waals surface area (Å²) in [6, 6.07) is 11.4. The number of benzene rings is 2. The fourth-order valence-electron chi connectivity index (χ4n) is 2.55. The van der Waals surface area contributed by atoms with E-state index in [1.807, 2.05) is 0 Å². The molecule has 4 rings (SSSR count). The van der Waals surface area contributed by atoms with E-state index in [2.05, 4.69) is 15.0 Å². The third-order valence-electron chi connectivity index (χ3n) is 3.66. The van der Waals surface area contributed by atoms with Crippen LogP contribution in [0.2, 0.25) is 15.2 Å². The number of fused-ring (bicyclic) bond motifs is 1. The fraction of sp³-hybridized carbons (Fsp3) is 0. The van der Waals surface area contributed by atoms with Crippen molar-refractivity contribution < 1.29 is 4.39 Å². The topological polar surface area (TPSA) is 43.6 Å². The van der Waals surface area contributed by atoms with Gasteiger partial charge in [0.15, 0.2) is 10.8 Å². The molecule has 0 saturated heterocycles. The zero-order chi connectivity index (χ0) is 17.6. The minimum Gasteiger partial charge on any atom is -0.276 e.